The topological polar surface area (TPSA) is 43.0 Å². The SMILES string of the molecule is COc1ccc(NC(=S)N(Cc2cccc(OC)c2OC)C2CCCC2)c(Cl)c1. The predicted molar refractivity (Wildman–Crippen MR) is 122 cm³/mol. The van der Waals surface area contributed by atoms with Crippen LogP contribution in [0.25, 0.3) is 0 Å². The summed E-state index contributed by atoms with van der Waals surface area (Å²) >= 11 is 12.2. The van der Waals surface area contributed by atoms with Gasteiger partial charge in [0.15, 0.2) is 16.6 Å². The molecule has 0 spiro atoms. The zero-order valence-electron chi connectivity index (χ0n) is 17.0. The van der Waals surface area contributed by atoms with Gasteiger partial charge in [0, 0.05) is 24.2 Å². The van der Waals surface area contributed by atoms with E-state index in [1.54, 1.807) is 27.4 Å². The zero-order chi connectivity index (χ0) is 20.8. The smallest absolute Gasteiger partial charge is 0.174 e. The minimum Gasteiger partial charge on any atom is -0.497 e. The van der Waals surface area contributed by atoms with Crippen molar-refractivity contribution in [2.45, 2.75) is 38.3 Å². The van der Waals surface area contributed by atoms with Crippen LogP contribution in [-0.4, -0.2) is 37.4 Å². The first-order chi connectivity index (χ1) is 14.1. The van der Waals surface area contributed by atoms with Gasteiger partial charge in [-0.05, 0) is 43.3 Å². The van der Waals surface area contributed by atoms with E-state index in [1.807, 2.05) is 30.3 Å². The molecular weight excluding hydrogens is 408 g/mol. The Balaban J connectivity index is 1.85. The van der Waals surface area contributed by atoms with Crippen molar-refractivity contribution in [2.75, 3.05) is 26.6 Å². The summed E-state index contributed by atoms with van der Waals surface area (Å²) in [5.74, 6) is 2.16. The number of hydrogen-bond donors (Lipinski definition) is 1. The number of methoxy groups -OCH3 is 3. The lowest BCUT2D eigenvalue weighted by atomic mass is 10.1. The number of thiocarbonyl (C=S) groups is 1. The fraction of sp³-hybridized carbons (Fsp3) is 0.409. The van der Waals surface area contributed by atoms with Gasteiger partial charge in [-0.25, -0.2) is 0 Å². The van der Waals surface area contributed by atoms with Crippen LogP contribution >= 0.6 is 23.8 Å². The Morgan fingerprint density at radius 1 is 1.10 bits per heavy atom. The first kappa shape index (κ1) is 21.5. The highest BCUT2D eigenvalue weighted by Gasteiger charge is 2.26. The Morgan fingerprint density at radius 2 is 1.86 bits per heavy atom. The van der Waals surface area contributed by atoms with Crippen molar-refractivity contribution in [3.63, 3.8) is 0 Å². The summed E-state index contributed by atoms with van der Waals surface area (Å²) in [6, 6.07) is 11.8. The molecular formula is C22H27ClN2O3S. The van der Waals surface area contributed by atoms with Crippen LogP contribution in [0.4, 0.5) is 5.69 Å². The van der Waals surface area contributed by atoms with E-state index in [9.17, 15) is 0 Å². The van der Waals surface area contributed by atoms with E-state index < -0.39 is 0 Å². The van der Waals surface area contributed by atoms with Crippen LogP contribution in [0.2, 0.25) is 5.02 Å². The fourth-order valence-corrected chi connectivity index (χ4v) is 4.30. The molecule has 1 aliphatic rings. The third-order valence-corrected chi connectivity index (χ3v) is 5.92. The van der Waals surface area contributed by atoms with E-state index in [0.717, 1.165) is 29.8 Å². The fourth-order valence-electron chi connectivity index (χ4n) is 3.76. The molecule has 0 heterocycles. The lowest BCUT2D eigenvalue weighted by molar-refractivity contribution is 0.300. The minimum atomic E-state index is 0.378. The van der Waals surface area contributed by atoms with Crippen LogP contribution in [0.5, 0.6) is 17.2 Å². The number of benzene rings is 2. The molecule has 0 unspecified atom stereocenters. The van der Waals surface area contributed by atoms with Crippen molar-refractivity contribution < 1.29 is 14.2 Å². The average molecular weight is 435 g/mol. The molecule has 0 aromatic heterocycles. The number of halogens is 1. The Bertz CT molecular complexity index is 856. The Hall–Kier alpha value is -2.18. The summed E-state index contributed by atoms with van der Waals surface area (Å²) in [6.45, 7) is 0.630. The van der Waals surface area contributed by atoms with Gasteiger partial charge in [-0.2, -0.15) is 0 Å². The molecule has 7 heteroatoms. The quantitative estimate of drug-likeness (QED) is 0.580. The van der Waals surface area contributed by atoms with Gasteiger partial charge in [-0.3, -0.25) is 0 Å². The van der Waals surface area contributed by atoms with E-state index in [1.165, 1.54) is 12.8 Å². The molecule has 1 fully saturated rings. The summed E-state index contributed by atoms with van der Waals surface area (Å²) in [4.78, 5) is 2.24. The molecule has 1 aliphatic carbocycles. The molecule has 5 nitrogen and oxygen atoms in total. The van der Waals surface area contributed by atoms with Crippen molar-refractivity contribution in [3.05, 3.63) is 47.0 Å². The standard InChI is InChI=1S/C22H27ClN2O3S/c1-26-17-11-12-19(18(23)13-17)24-22(29)25(16-8-4-5-9-16)14-15-7-6-10-20(27-2)21(15)28-3/h6-7,10-13,16H,4-5,8-9,14H2,1-3H3,(H,24,29). The maximum atomic E-state index is 6.41. The van der Waals surface area contributed by atoms with Crippen molar-refractivity contribution in [3.8, 4) is 17.2 Å². The molecule has 29 heavy (non-hydrogen) atoms. The summed E-state index contributed by atoms with van der Waals surface area (Å²) in [5, 5.41) is 4.54. The molecule has 3 rings (SSSR count). The molecule has 0 bridgehead atoms. The minimum absolute atomic E-state index is 0.378. The highest BCUT2D eigenvalue weighted by Crippen LogP contribution is 2.34. The molecule has 1 saturated carbocycles. The van der Waals surface area contributed by atoms with E-state index >= 15 is 0 Å². The monoisotopic (exact) mass is 434 g/mol. The molecule has 156 valence electrons. The van der Waals surface area contributed by atoms with Crippen molar-refractivity contribution in [1.82, 2.24) is 4.90 Å². The largest absolute Gasteiger partial charge is 0.497 e. The van der Waals surface area contributed by atoms with Crippen LogP contribution in [-0.2, 0) is 6.54 Å². The lowest BCUT2D eigenvalue weighted by Gasteiger charge is -2.32. The summed E-state index contributed by atoms with van der Waals surface area (Å²) in [7, 11) is 4.93. The van der Waals surface area contributed by atoms with Crippen LogP contribution in [0.3, 0.4) is 0 Å². The molecule has 0 saturated heterocycles. The van der Waals surface area contributed by atoms with Gasteiger partial charge < -0.3 is 24.4 Å². The molecule has 2 aromatic carbocycles. The Morgan fingerprint density at radius 3 is 2.48 bits per heavy atom. The maximum absolute atomic E-state index is 6.41. The van der Waals surface area contributed by atoms with Gasteiger partial charge in [-0.15, -0.1) is 0 Å². The first-order valence-electron chi connectivity index (χ1n) is 9.68. The van der Waals surface area contributed by atoms with Gasteiger partial charge >= 0.3 is 0 Å². The first-order valence-corrected chi connectivity index (χ1v) is 10.5. The van der Waals surface area contributed by atoms with Gasteiger partial charge in [0.2, 0.25) is 0 Å². The van der Waals surface area contributed by atoms with Crippen LogP contribution in [0.1, 0.15) is 31.2 Å². The lowest BCUT2D eigenvalue weighted by Crippen LogP contribution is -2.41. The number of hydrogen-bond acceptors (Lipinski definition) is 4. The number of para-hydroxylation sites is 1. The molecule has 0 amide bonds. The highest BCUT2D eigenvalue weighted by molar-refractivity contribution is 7.80. The van der Waals surface area contributed by atoms with Gasteiger partial charge in [0.05, 0.1) is 32.0 Å². The summed E-state index contributed by atoms with van der Waals surface area (Å²) < 4.78 is 16.3. The number of rotatable bonds is 7. The van der Waals surface area contributed by atoms with E-state index in [4.69, 9.17) is 38.0 Å². The molecule has 1 N–H and O–H groups in total. The molecule has 0 atom stereocenters. The molecule has 0 aliphatic heterocycles. The number of nitrogens with zero attached hydrogens (tertiary/aromatic N) is 1. The van der Waals surface area contributed by atoms with E-state index in [0.29, 0.717) is 34.2 Å². The summed E-state index contributed by atoms with van der Waals surface area (Å²) in [5.41, 5.74) is 1.79. The maximum Gasteiger partial charge on any atom is 0.174 e. The van der Waals surface area contributed by atoms with Crippen molar-refractivity contribution in [1.29, 1.82) is 0 Å². The number of ether oxygens (including phenoxy) is 3. The third-order valence-electron chi connectivity index (χ3n) is 5.27. The van der Waals surface area contributed by atoms with Crippen molar-refractivity contribution >= 4 is 34.6 Å². The predicted octanol–water partition coefficient (Wildman–Crippen LogP) is 5.51. The zero-order valence-corrected chi connectivity index (χ0v) is 18.6. The normalized spacial score (nSPS) is 13.8. The van der Waals surface area contributed by atoms with E-state index in [-0.39, 0.29) is 0 Å². The van der Waals surface area contributed by atoms with Crippen LogP contribution in [0, 0.1) is 0 Å². The third kappa shape index (κ3) is 5.06. The second kappa shape index (κ2) is 10.0. The number of nitrogens with one attached hydrogen (secondary N) is 1. The number of anilines is 1. The second-order valence-corrected chi connectivity index (χ2v) is 7.79. The van der Waals surface area contributed by atoms with Crippen molar-refractivity contribution in [2.24, 2.45) is 0 Å². The Labute approximate surface area is 182 Å². The second-order valence-electron chi connectivity index (χ2n) is 6.99. The van der Waals surface area contributed by atoms with Crippen LogP contribution < -0.4 is 19.5 Å². The van der Waals surface area contributed by atoms with E-state index in [2.05, 4.69) is 10.2 Å². The van der Waals surface area contributed by atoms with Gasteiger partial charge in [0.25, 0.3) is 0 Å². The average Bonchev–Trinajstić information content (AvgIpc) is 3.27. The summed E-state index contributed by atoms with van der Waals surface area (Å²) in [6.07, 6.45) is 4.65. The molecule has 2 aromatic rings. The van der Waals surface area contributed by atoms with Gasteiger partial charge in [0.1, 0.15) is 5.75 Å². The van der Waals surface area contributed by atoms with Gasteiger partial charge in [-0.1, -0.05) is 36.6 Å². The Kier molecular flexibility index (Phi) is 7.45. The highest BCUT2D eigenvalue weighted by atomic mass is 35.5. The molecule has 0 radical (unpaired) electrons. The van der Waals surface area contributed by atoms with Crippen LogP contribution in [0.15, 0.2) is 36.4 Å².